The van der Waals surface area contributed by atoms with Crippen LogP contribution in [0.2, 0.25) is 0 Å². The standard InChI is InChI=1S/C16H15N3O/c1-11-10-12(2)19(18-11)16(20)17-15-9-5-7-13-6-3-4-8-14(13)15/h3-10H,1-2H3,(H,17,20). The lowest BCUT2D eigenvalue weighted by molar-refractivity contribution is 0.250. The van der Waals surface area contributed by atoms with Crippen molar-refractivity contribution < 1.29 is 4.79 Å². The van der Waals surface area contributed by atoms with E-state index in [1.165, 1.54) is 4.68 Å². The molecule has 4 heteroatoms. The molecule has 0 atom stereocenters. The fourth-order valence-corrected chi connectivity index (χ4v) is 2.34. The normalized spacial score (nSPS) is 10.7. The molecule has 3 aromatic rings. The van der Waals surface area contributed by atoms with Crippen molar-refractivity contribution in [3.8, 4) is 0 Å². The molecule has 0 unspecified atom stereocenters. The van der Waals surface area contributed by atoms with Crippen LogP contribution in [0.25, 0.3) is 10.8 Å². The molecule has 4 nitrogen and oxygen atoms in total. The summed E-state index contributed by atoms with van der Waals surface area (Å²) in [4.78, 5) is 12.3. The van der Waals surface area contributed by atoms with E-state index in [0.29, 0.717) is 0 Å². The predicted octanol–water partition coefficient (Wildman–Crippen LogP) is 3.73. The zero-order chi connectivity index (χ0) is 14.1. The second-order valence-electron chi connectivity index (χ2n) is 4.80. The number of carbonyl (C=O) groups excluding carboxylic acids is 1. The van der Waals surface area contributed by atoms with Crippen LogP contribution < -0.4 is 5.32 Å². The van der Waals surface area contributed by atoms with Gasteiger partial charge in [0.05, 0.1) is 11.4 Å². The first-order valence-electron chi connectivity index (χ1n) is 6.47. The molecule has 0 saturated carbocycles. The maximum atomic E-state index is 12.3. The van der Waals surface area contributed by atoms with Gasteiger partial charge in [-0.05, 0) is 31.4 Å². The summed E-state index contributed by atoms with van der Waals surface area (Å²) in [5.41, 5.74) is 2.44. The Morgan fingerprint density at radius 2 is 1.85 bits per heavy atom. The van der Waals surface area contributed by atoms with E-state index in [9.17, 15) is 4.79 Å². The molecule has 20 heavy (non-hydrogen) atoms. The quantitative estimate of drug-likeness (QED) is 0.728. The van der Waals surface area contributed by atoms with Gasteiger partial charge in [0.15, 0.2) is 0 Å². The molecule has 1 amide bonds. The Kier molecular flexibility index (Phi) is 2.99. The van der Waals surface area contributed by atoms with Crippen molar-refractivity contribution in [3.63, 3.8) is 0 Å². The maximum absolute atomic E-state index is 12.3. The highest BCUT2D eigenvalue weighted by molar-refractivity contribution is 6.02. The molecule has 0 aliphatic heterocycles. The number of rotatable bonds is 1. The van der Waals surface area contributed by atoms with Crippen molar-refractivity contribution in [1.82, 2.24) is 9.78 Å². The van der Waals surface area contributed by atoms with Crippen molar-refractivity contribution in [2.45, 2.75) is 13.8 Å². The molecular weight excluding hydrogens is 250 g/mol. The third kappa shape index (κ3) is 2.16. The summed E-state index contributed by atoms with van der Waals surface area (Å²) in [7, 11) is 0. The smallest absolute Gasteiger partial charge is 0.305 e. The fourth-order valence-electron chi connectivity index (χ4n) is 2.34. The van der Waals surface area contributed by atoms with E-state index in [1.54, 1.807) is 0 Å². The number of hydrogen-bond acceptors (Lipinski definition) is 2. The molecule has 2 aromatic carbocycles. The van der Waals surface area contributed by atoms with Gasteiger partial charge >= 0.3 is 6.03 Å². The average Bonchev–Trinajstić information content (AvgIpc) is 2.78. The molecule has 0 saturated heterocycles. The van der Waals surface area contributed by atoms with Gasteiger partial charge in [-0.15, -0.1) is 0 Å². The first-order chi connectivity index (χ1) is 9.65. The van der Waals surface area contributed by atoms with Gasteiger partial charge in [0.2, 0.25) is 0 Å². The van der Waals surface area contributed by atoms with Crippen LogP contribution in [0.5, 0.6) is 0 Å². The van der Waals surface area contributed by atoms with E-state index in [1.807, 2.05) is 62.4 Å². The molecule has 0 aliphatic carbocycles. The number of nitrogens with zero attached hydrogens (tertiary/aromatic N) is 2. The van der Waals surface area contributed by atoms with E-state index >= 15 is 0 Å². The van der Waals surface area contributed by atoms with Crippen LogP contribution in [0.15, 0.2) is 48.5 Å². The summed E-state index contributed by atoms with van der Waals surface area (Å²) in [5.74, 6) is 0. The SMILES string of the molecule is Cc1cc(C)n(C(=O)Nc2cccc3ccccc23)n1. The van der Waals surface area contributed by atoms with E-state index in [4.69, 9.17) is 0 Å². The highest BCUT2D eigenvalue weighted by Crippen LogP contribution is 2.23. The number of fused-ring (bicyclic) bond motifs is 1. The van der Waals surface area contributed by atoms with Gasteiger partial charge in [0.1, 0.15) is 0 Å². The molecule has 0 fully saturated rings. The Morgan fingerprint density at radius 3 is 2.60 bits per heavy atom. The fraction of sp³-hybridized carbons (Fsp3) is 0.125. The van der Waals surface area contributed by atoms with E-state index < -0.39 is 0 Å². The first-order valence-corrected chi connectivity index (χ1v) is 6.47. The Morgan fingerprint density at radius 1 is 1.10 bits per heavy atom. The molecule has 100 valence electrons. The number of anilines is 1. The number of nitrogens with one attached hydrogen (secondary N) is 1. The van der Waals surface area contributed by atoms with Gasteiger partial charge in [-0.1, -0.05) is 36.4 Å². The van der Waals surface area contributed by atoms with Crippen molar-refractivity contribution in [2.75, 3.05) is 5.32 Å². The Bertz CT molecular complexity index is 784. The molecule has 3 rings (SSSR count). The van der Waals surface area contributed by atoms with Gasteiger partial charge in [0, 0.05) is 11.1 Å². The van der Waals surface area contributed by atoms with Gasteiger partial charge < -0.3 is 5.32 Å². The zero-order valence-corrected chi connectivity index (χ0v) is 11.4. The number of aryl methyl sites for hydroxylation is 2. The van der Waals surface area contributed by atoms with Crippen LogP contribution in [-0.2, 0) is 0 Å². The van der Waals surface area contributed by atoms with Crippen LogP contribution in [0, 0.1) is 13.8 Å². The lowest BCUT2D eigenvalue weighted by atomic mass is 10.1. The summed E-state index contributed by atoms with van der Waals surface area (Å²) >= 11 is 0. The van der Waals surface area contributed by atoms with E-state index in [0.717, 1.165) is 27.8 Å². The van der Waals surface area contributed by atoms with Crippen LogP contribution in [0.3, 0.4) is 0 Å². The zero-order valence-electron chi connectivity index (χ0n) is 11.4. The molecule has 1 aromatic heterocycles. The number of carbonyl (C=O) groups is 1. The number of amides is 1. The Labute approximate surface area is 117 Å². The molecule has 1 N–H and O–H groups in total. The van der Waals surface area contributed by atoms with Crippen LogP contribution in [-0.4, -0.2) is 15.8 Å². The van der Waals surface area contributed by atoms with Crippen molar-refractivity contribution in [3.05, 3.63) is 59.9 Å². The monoisotopic (exact) mass is 265 g/mol. The van der Waals surface area contributed by atoms with E-state index in [2.05, 4.69) is 10.4 Å². The summed E-state index contributed by atoms with van der Waals surface area (Å²) in [6.07, 6.45) is 0. The molecular formula is C16H15N3O. The molecule has 0 bridgehead atoms. The number of aromatic nitrogens is 2. The first kappa shape index (κ1) is 12.4. The number of benzene rings is 2. The van der Waals surface area contributed by atoms with E-state index in [-0.39, 0.29) is 6.03 Å². The van der Waals surface area contributed by atoms with Crippen LogP contribution in [0.1, 0.15) is 11.4 Å². The maximum Gasteiger partial charge on any atom is 0.346 e. The van der Waals surface area contributed by atoms with Gasteiger partial charge in [-0.2, -0.15) is 9.78 Å². The summed E-state index contributed by atoms with van der Waals surface area (Å²) in [6.45, 7) is 3.73. The van der Waals surface area contributed by atoms with Gasteiger partial charge in [-0.25, -0.2) is 4.79 Å². The summed E-state index contributed by atoms with van der Waals surface area (Å²) < 4.78 is 1.39. The number of hydrogen-bond donors (Lipinski definition) is 1. The minimum atomic E-state index is -0.244. The second kappa shape index (κ2) is 4.81. The highest BCUT2D eigenvalue weighted by Gasteiger charge is 2.11. The third-order valence-electron chi connectivity index (χ3n) is 3.23. The summed E-state index contributed by atoms with van der Waals surface area (Å²) in [5, 5.41) is 9.22. The van der Waals surface area contributed by atoms with Crippen molar-refractivity contribution in [1.29, 1.82) is 0 Å². The van der Waals surface area contributed by atoms with Crippen molar-refractivity contribution >= 4 is 22.5 Å². The van der Waals surface area contributed by atoms with Gasteiger partial charge in [0.25, 0.3) is 0 Å². The topological polar surface area (TPSA) is 46.9 Å². The summed E-state index contributed by atoms with van der Waals surface area (Å²) in [6, 6.07) is 15.4. The van der Waals surface area contributed by atoms with Gasteiger partial charge in [-0.3, -0.25) is 0 Å². The lowest BCUT2D eigenvalue weighted by Gasteiger charge is -2.09. The Hall–Kier alpha value is -2.62. The lowest BCUT2D eigenvalue weighted by Crippen LogP contribution is -2.22. The average molecular weight is 265 g/mol. The molecule has 0 spiro atoms. The molecule has 0 aliphatic rings. The van der Waals surface area contributed by atoms with Crippen LogP contribution in [0.4, 0.5) is 10.5 Å². The van der Waals surface area contributed by atoms with Crippen molar-refractivity contribution in [2.24, 2.45) is 0 Å². The molecule has 1 heterocycles. The highest BCUT2D eigenvalue weighted by atomic mass is 16.2. The largest absolute Gasteiger partial charge is 0.346 e. The molecule has 0 radical (unpaired) electrons. The minimum absolute atomic E-state index is 0.244. The predicted molar refractivity (Wildman–Crippen MR) is 80.1 cm³/mol. The Balaban J connectivity index is 1.97. The second-order valence-corrected chi connectivity index (χ2v) is 4.80. The minimum Gasteiger partial charge on any atom is -0.305 e. The third-order valence-corrected chi connectivity index (χ3v) is 3.23. The van der Waals surface area contributed by atoms with Crippen LogP contribution >= 0.6 is 0 Å².